The average molecular weight is 239 g/mol. The molecule has 0 fully saturated rings. The van der Waals surface area contributed by atoms with Crippen LogP contribution < -0.4 is 10.1 Å². The molecule has 0 saturated heterocycles. The van der Waals surface area contributed by atoms with E-state index in [0.717, 1.165) is 18.2 Å². The molecule has 0 atom stereocenters. The highest BCUT2D eigenvalue weighted by Gasteiger charge is 2.19. The monoisotopic (exact) mass is 239 g/mol. The van der Waals surface area contributed by atoms with E-state index in [1.54, 1.807) is 6.07 Å². The molecule has 2 N–H and O–H groups in total. The van der Waals surface area contributed by atoms with Crippen molar-refractivity contribution in [2.45, 2.75) is 33.1 Å². The van der Waals surface area contributed by atoms with E-state index in [-0.39, 0.29) is 18.6 Å². The van der Waals surface area contributed by atoms with Crippen molar-refractivity contribution in [2.75, 3.05) is 25.1 Å². The number of hydrogen-bond donors (Lipinski definition) is 2. The van der Waals surface area contributed by atoms with Crippen LogP contribution in [-0.2, 0) is 5.41 Å². The summed E-state index contributed by atoms with van der Waals surface area (Å²) in [5.74, 6) is 1.97. The Morgan fingerprint density at radius 1 is 1.35 bits per heavy atom. The Balaban J connectivity index is 3.01. The van der Waals surface area contributed by atoms with Crippen LogP contribution in [0.15, 0.2) is 6.07 Å². The summed E-state index contributed by atoms with van der Waals surface area (Å²) >= 11 is 0. The molecule has 0 aliphatic rings. The number of nitrogens with zero attached hydrogens (tertiary/aromatic N) is 2. The van der Waals surface area contributed by atoms with E-state index < -0.39 is 0 Å². The second kappa shape index (κ2) is 5.82. The quantitative estimate of drug-likeness (QED) is 0.816. The van der Waals surface area contributed by atoms with Gasteiger partial charge in [0.15, 0.2) is 0 Å². The normalized spacial score (nSPS) is 11.4. The molecule has 0 bridgehead atoms. The third-order valence-electron chi connectivity index (χ3n) is 2.07. The van der Waals surface area contributed by atoms with Crippen LogP contribution in [0.5, 0.6) is 5.88 Å². The van der Waals surface area contributed by atoms with Crippen molar-refractivity contribution in [3.8, 4) is 5.88 Å². The molecule has 1 aromatic heterocycles. The van der Waals surface area contributed by atoms with Crippen molar-refractivity contribution in [2.24, 2.45) is 0 Å². The number of aromatic nitrogens is 2. The van der Waals surface area contributed by atoms with Gasteiger partial charge in [0.1, 0.15) is 18.2 Å². The van der Waals surface area contributed by atoms with Crippen LogP contribution >= 0.6 is 0 Å². The first-order valence-electron chi connectivity index (χ1n) is 5.84. The van der Waals surface area contributed by atoms with Crippen molar-refractivity contribution in [3.05, 3.63) is 11.9 Å². The molecule has 5 heteroatoms. The minimum atomic E-state index is -0.136. The summed E-state index contributed by atoms with van der Waals surface area (Å²) in [6, 6.07) is 1.74. The van der Waals surface area contributed by atoms with Gasteiger partial charge >= 0.3 is 0 Å². The summed E-state index contributed by atoms with van der Waals surface area (Å²) in [5, 5.41) is 11.9. The van der Waals surface area contributed by atoms with E-state index in [1.165, 1.54) is 0 Å². The predicted molar refractivity (Wildman–Crippen MR) is 67.5 cm³/mol. The van der Waals surface area contributed by atoms with Gasteiger partial charge < -0.3 is 15.2 Å². The molecule has 0 aromatic carbocycles. The lowest BCUT2D eigenvalue weighted by molar-refractivity contribution is 0.196. The molecule has 17 heavy (non-hydrogen) atoms. The van der Waals surface area contributed by atoms with Gasteiger partial charge in [0.25, 0.3) is 0 Å². The van der Waals surface area contributed by atoms with E-state index in [1.807, 2.05) is 27.7 Å². The molecule has 0 saturated carbocycles. The SMILES string of the molecule is CCNc1cc(OCCO)nc(C(C)(C)C)n1. The number of aliphatic hydroxyl groups is 1. The number of aliphatic hydroxyl groups excluding tert-OH is 1. The molecular formula is C12H21N3O2. The fourth-order valence-electron chi connectivity index (χ4n) is 1.26. The molecule has 0 amide bonds. The molecular weight excluding hydrogens is 218 g/mol. The number of hydrogen-bond acceptors (Lipinski definition) is 5. The Bertz CT molecular complexity index is 361. The molecule has 1 heterocycles. The third-order valence-corrected chi connectivity index (χ3v) is 2.07. The van der Waals surface area contributed by atoms with Gasteiger partial charge in [0, 0.05) is 18.0 Å². The first-order valence-corrected chi connectivity index (χ1v) is 5.84. The van der Waals surface area contributed by atoms with Crippen molar-refractivity contribution < 1.29 is 9.84 Å². The Hall–Kier alpha value is -1.36. The van der Waals surface area contributed by atoms with E-state index in [2.05, 4.69) is 15.3 Å². The smallest absolute Gasteiger partial charge is 0.218 e. The molecule has 1 aromatic rings. The van der Waals surface area contributed by atoms with Crippen LogP contribution in [0.3, 0.4) is 0 Å². The second-order valence-electron chi connectivity index (χ2n) is 4.77. The molecule has 5 nitrogen and oxygen atoms in total. The van der Waals surface area contributed by atoms with Crippen molar-refractivity contribution in [1.29, 1.82) is 0 Å². The third kappa shape index (κ3) is 4.19. The van der Waals surface area contributed by atoms with Crippen molar-refractivity contribution in [3.63, 3.8) is 0 Å². The highest BCUT2D eigenvalue weighted by atomic mass is 16.5. The van der Waals surface area contributed by atoms with Gasteiger partial charge in [-0.1, -0.05) is 20.8 Å². The highest BCUT2D eigenvalue weighted by molar-refractivity contribution is 5.39. The summed E-state index contributed by atoms with van der Waals surface area (Å²) < 4.78 is 5.34. The maximum absolute atomic E-state index is 8.75. The van der Waals surface area contributed by atoms with E-state index in [0.29, 0.717) is 5.88 Å². The summed E-state index contributed by atoms with van der Waals surface area (Å²) in [6.07, 6.45) is 0. The van der Waals surface area contributed by atoms with Crippen LogP contribution in [0.25, 0.3) is 0 Å². The van der Waals surface area contributed by atoms with Gasteiger partial charge in [0.05, 0.1) is 6.61 Å². The topological polar surface area (TPSA) is 67.3 Å². The molecule has 0 aliphatic heterocycles. The van der Waals surface area contributed by atoms with Crippen LogP contribution in [0.1, 0.15) is 33.5 Å². The number of nitrogens with one attached hydrogen (secondary N) is 1. The maximum Gasteiger partial charge on any atom is 0.218 e. The summed E-state index contributed by atoms with van der Waals surface area (Å²) in [5.41, 5.74) is -0.136. The number of anilines is 1. The van der Waals surface area contributed by atoms with Crippen molar-refractivity contribution in [1.82, 2.24) is 9.97 Å². The Kier molecular flexibility index (Phi) is 4.69. The fourth-order valence-corrected chi connectivity index (χ4v) is 1.26. The predicted octanol–water partition coefficient (Wildman–Crippen LogP) is 1.58. The number of rotatable bonds is 5. The highest BCUT2D eigenvalue weighted by Crippen LogP contribution is 2.23. The summed E-state index contributed by atoms with van der Waals surface area (Å²) in [6.45, 7) is 9.17. The Morgan fingerprint density at radius 3 is 2.59 bits per heavy atom. The maximum atomic E-state index is 8.75. The second-order valence-corrected chi connectivity index (χ2v) is 4.77. The zero-order valence-electron chi connectivity index (χ0n) is 10.9. The zero-order valence-corrected chi connectivity index (χ0v) is 10.9. The van der Waals surface area contributed by atoms with Gasteiger partial charge in [0.2, 0.25) is 5.88 Å². The Labute approximate surface area is 102 Å². The van der Waals surface area contributed by atoms with Crippen molar-refractivity contribution >= 4 is 5.82 Å². The lowest BCUT2D eigenvalue weighted by Gasteiger charge is -2.18. The first kappa shape index (κ1) is 13.7. The van der Waals surface area contributed by atoms with Crippen LogP contribution in [0, 0.1) is 0 Å². The molecule has 0 aliphatic carbocycles. The molecule has 0 unspecified atom stereocenters. The van der Waals surface area contributed by atoms with Crippen LogP contribution in [-0.4, -0.2) is 34.8 Å². The molecule has 96 valence electrons. The largest absolute Gasteiger partial charge is 0.475 e. The van der Waals surface area contributed by atoms with E-state index in [4.69, 9.17) is 9.84 Å². The van der Waals surface area contributed by atoms with Gasteiger partial charge in [-0.05, 0) is 6.92 Å². The first-order chi connectivity index (χ1) is 7.97. The lowest BCUT2D eigenvalue weighted by atomic mass is 9.96. The lowest BCUT2D eigenvalue weighted by Crippen LogP contribution is -2.18. The zero-order chi connectivity index (χ0) is 12.9. The fraction of sp³-hybridized carbons (Fsp3) is 0.667. The van der Waals surface area contributed by atoms with Gasteiger partial charge in [-0.3, -0.25) is 0 Å². The van der Waals surface area contributed by atoms with Gasteiger partial charge in [-0.2, -0.15) is 4.98 Å². The van der Waals surface area contributed by atoms with E-state index >= 15 is 0 Å². The van der Waals surface area contributed by atoms with Gasteiger partial charge in [-0.15, -0.1) is 0 Å². The minimum Gasteiger partial charge on any atom is -0.475 e. The van der Waals surface area contributed by atoms with Gasteiger partial charge in [-0.25, -0.2) is 4.98 Å². The Morgan fingerprint density at radius 2 is 2.06 bits per heavy atom. The van der Waals surface area contributed by atoms with E-state index in [9.17, 15) is 0 Å². The molecule has 0 spiro atoms. The average Bonchev–Trinajstić information content (AvgIpc) is 2.25. The van der Waals surface area contributed by atoms with Crippen LogP contribution in [0.2, 0.25) is 0 Å². The summed E-state index contributed by atoms with van der Waals surface area (Å²) in [7, 11) is 0. The van der Waals surface area contributed by atoms with Crippen LogP contribution in [0.4, 0.5) is 5.82 Å². The minimum absolute atomic E-state index is 0.0224. The standard InChI is InChI=1S/C12H21N3O2/c1-5-13-9-8-10(17-7-6-16)15-11(14-9)12(2,3)4/h8,16H,5-7H2,1-4H3,(H,13,14,15). The number of ether oxygens (including phenoxy) is 1. The molecule has 1 rings (SSSR count). The summed E-state index contributed by atoms with van der Waals surface area (Å²) in [4.78, 5) is 8.78. The molecule has 0 radical (unpaired) electrons.